The van der Waals surface area contributed by atoms with E-state index < -0.39 is 0 Å². The number of hydrogen-bond acceptors (Lipinski definition) is 4. The second-order valence-electron chi connectivity index (χ2n) is 6.78. The highest BCUT2D eigenvalue weighted by atomic mass is 32.2. The van der Waals surface area contributed by atoms with Gasteiger partial charge in [-0.3, -0.25) is 4.79 Å². The average molecular weight is 363 g/mol. The quantitative estimate of drug-likeness (QED) is 0.524. The number of fused-ring (bicyclic) bond motifs is 1. The number of carbonyl (C=O) groups is 1. The lowest BCUT2D eigenvalue weighted by molar-refractivity contribution is -0.119. The number of benzene rings is 2. The number of aromatic nitrogens is 2. The van der Waals surface area contributed by atoms with Crippen LogP contribution in [0.3, 0.4) is 0 Å². The first-order valence-corrected chi connectivity index (χ1v) is 9.88. The first kappa shape index (κ1) is 17.0. The van der Waals surface area contributed by atoms with Crippen LogP contribution in [0.15, 0.2) is 59.9 Å². The summed E-state index contributed by atoms with van der Waals surface area (Å²) in [6, 6.07) is 16.5. The summed E-state index contributed by atoms with van der Waals surface area (Å²) in [6.07, 6.45) is 3.92. The molecule has 0 saturated heterocycles. The van der Waals surface area contributed by atoms with E-state index in [0.29, 0.717) is 11.7 Å². The minimum absolute atomic E-state index is 0.0511. The number of para-hydroxylation sites is 1. The highest BCUT2D eigenvalue weighted by molar-refractivity contribution is 8.00. The van der Waals surface area contributed by atoms with Gasteiger partial charge < -0.3 is 5.32 Å². The third-order valence-corrected chi connectivity index (χ3v) is 5.70. The Morgan fingerprint density at radius 1 is 1.15 bits per heavy atom. The lowest BCUT2D eigenvalue weighted by atomic mass is 10.0. The van der Waals surface area contributed by atoms with Gasteiger partial charge in [-0.2, -0.15) is 0 Å². The van der Waals surface area contributed by atoms with Crippen molar-refractivity contribution in [3.63, 3.8) is 0 Å². The van der Waals surface area contributed by atoms with Gasteiger partial charge >= 0.3 is 0 Å². The molecule has 26 heavy (non-hydrogen) atoms. The van der Waals surface area contributed by atoms with E-state index in [1.165, 1.54) is 35.7 Å². The number of rotatable bonds is 6. The zero-order valence-corrected chi connectivity index (χ0v) is 15.5. The average Bonchev–Trinajstić information content (AvgIpc) is 3.50. The van der Waals surface area contributed by atoms with Crippen molar-refractivity contribution in [1.82, 2.24) is 15.3 Å². The van der Waals surface area contributed by atoms with Gasteiger partial charge in [-0.25, -0.2) is 9.97 Å². The molecule has 1 fully saturated rings. The molecule has 1 aromatic heterocycles. The van der Waals surface area contributed by atoms with Crippen molar-refractivity contribution < 1.29 is 4.79 Å². The fraction of sp³-hybridized carbons (Fsp3) is 0.286. The number of nitrogens with zero attached hydrogens (tertiary/aromatic N) is 2. The van der Waals surface area contributed by atoms with Crippen LogP contribution in [-0.2, 0) is 4.79 Å². The second-order valence-corrected chi connectivity index (χ2v) is 7.74. The molecule has 0 spiro atoms. The number of thioether (sulfide) groups is 1. The molecule has 3 aromatic rings. The fourth-order valence-corrected chi connectivity index (χ4v) is 3.92. The molecule has 4 rings (SSSR count). The maximum atomic E-state index is 12.6. The van der Waals surface area contributed by atoms with Crippen LogP contribution in [-0.4, -0.2) is 21.6 Å². The van der Waals surface area contributed by atoms with Gasteiger partial charge in [-0.15, -0.1) is 0 Å². The maximum Gasteiger partial charge on any atom is 0.230 e. The van der Waals surface area contributed by atoms with Crippen LogP contribution >= 0.6 is 11.8 Å². The molecule has 4 nitrogen and oxygen atoms in total. The Labute approximate surface area is 157 Å². The van der Waals surface area contributed by atoms with E-state index in [1.54, 1.807) is 6.33 Å². The lowest BCUT2D eigenvalue weighted by Gasteiger charge is -2.19. The minimum atomic E-state index is 0.0511. The Morgan fingerprint density at radius 2 is 1.92 bits per heavy atom. The van der Waals surface area contributed by atoms with Crippen LogP contribution in [0.4, 0.5) is 0 Å². The molecular formula is C21H21N3OS. The SMILES string of the molecule is Cc1ccc(C(NC(=O)CSc2ncnc3ccccc23)C2CC2)cc1. The van der Waals surface area contributed by atoms with Gasteiger partial charge in [0.05, 0.1) is 17.3 Å². The van der Waals surface area contributed by atoms with Crippen molar-refractivity contribution in [3.8, 4) is 0 Å². The van der Waals surface area contributed by atoms with Crippen LogP contribution in [0.25, 0.3) is 10.9 Å². The highest BCUT2D eigenvalue weighted by Crippen LogP contribution is 2.41. The van der Waals surface area contributed by atoms with Crippen molar-refractivity contribution in [2.75, 3.05) is 5.75 Å². The Bertz CT molecular complexity index is 917. The van der Waals surface area contributed by atoms with Gasteiger partial charge in [0.1, 0.15) is 11.4 Å². The number of nitrogens with one attached hydrogen (secondary N) is 1. The van der Waals surface area contributed by atoms with Crippen molar-refractivity contribution in [2.45, 2.75) is 30.8 Å². The first-order chi connectivity index (χ1) is 12.7. The Hall–Kier alpha value is -2.40. The predicted molar refractivity (Wildman–Crippen MR) is 105 cm³/mol. The number of carbonyl (C=O) groups excluding carboxylic acids is 1. The molecule has 1 aliphatic carbocycles. The van der Waals surface area contributed by atoms with Crippen molar-refractivity contribution in [1.29, 1.82) is 0 Å². The summed E-state index contributed by atoms with van der Waals surface area (Å²) < 4.78 is 0. The standard InChI is InChI=1S/C21H21N3OS/c1-14-6-8-15(9-7-14)20(16-10-11-16)24-19(25)12-26-21-17-4-2-3-5-18(17)22-13-23-21/h2-9,13,16,20H,10-12H2,1H3,(H,24,25). The summed E-state index contributed by atoms with van der Waals surface area (Å²) in [5.74, 6) is 0.970. The summed E-state index contributed by atoms with van der Waals surface area (Å²) in [4.78, 5) is 21.2. The molecule has 0 aliphatic heterocycles. The van der Waals surface area contributed by atoms with Gasteiger partial charge in [0, 0.05) is 5.39 Å². The smallest absolute Gasteiger partial charge is 0.230 e. The van der Waals surface area contributed by atoms with Crippen molar-refractivity contribution in [3.05, 3.63) is 66.0 Å². The van der Waals surface area contributed by atoms with E-state index in [0.717, 1.165) is 15.9 Å². The number of amides is 1. The molecule has 2 aromatic carbocycles. The van der Waals surface area contributed by atoms with Gasteiger partial charge in [0.25, 0.3) is 0 Å². The summed E-state index contributed by atoms with van der Waals surface area (Å²) >= 11 is 1.47. The van der Waals surface area contributed by atoms with Crippen LogP contribution in [0.5, 0.6) is 0 Å². The predicted octanol–water partition coefficient (Wildman–Crippen LogP) is 4.30. The third kappa shape index (κ3) is 3.88. The highest BCUT2D eigenvalue weighted by Gasteiger charge is 2.33. The molecule has 1 N–H and O–H groups in total. The topological polar surface area (TPSA) is 54.9 Å². The van der Waals surface area contributed by atoms with Gasteiger partial charge in [0.15, 0.2) is 0 Å². The molecule has 5 heteroatoms. The molecule has 0 radical (unpaired) electrons. The van der Waals surface area contributed by atoms with E-state index in [9.17, 15) is 4.79 Å². The molecule has 1 atom stereocenters. The van der Waals surface area contributed by atoms with Crippen LogP contribution < -0.4 is 5.32 Å². The zero-order valence-electron chi connectivity index (χ0n) is 14.7. The zero-order chi connectivity index (χ0) is 17.9. The molecule has 1 saturated carbocycles. The van der Waals surface area contributed by atoms with E-state index in [4.69, 9.17) is 0 Å². The Morgan fingerprint density at radius 3 is 2.69 bits per heavy atom. The molecule has 1 unspecified atom stereocenters. The minimum Gasteiger partial charge on any atom is -0.348 e. The first-order valence-electron chi connectivity index (χ1n) is 8.89. The summed E-state index contributed by atoms with van der Waals surface area (Å²) in [5.41, 5.74) is 3.34. The van der Waals surface area contributed by atoms with Crippen LogP contribution in [0, 0.1) is 12.8 Å². The largest absolute Gasteiger partial charge is 0.348 e. The van der Waals surface area contributed by atoms with Gasteiger partial charge in [0.2, 0.25) is 5.91 Å². The van der Waals surface area contributed by atoms with E-state index in [2.05, 4.69) is 46.5 Å². The van der Waals surface area contributed by atoms with Crippen LogP contribution in [0.1, 0.15) is 30.0 Å². The van der Waals surface area contributed by atoms with Gasteiger partial charge in [-0.1, -0.05) is 59.8 Å². The molecule has 0 bridgehead atoms. The van der Waals surface area contributed by atoms with E-state index in [-0.39, 0.29) is 11.9 Å². The maximum absolute atomic E-state index is 12.6. The molecule has 1 amide bonds. The van der Waals surface area contributed by atoms with E-state index >= 15 is 0 Å². The lowest BCUT2D eigenvalue weighted by Crippen LogP contribution is -2.31. The second kappa shape index (κ2) is 7.46. The summed E-state index contributed by atoms with van der Waals surface area (Å²) in [7, 11) is 0. The number of aryl methyl sites for hydroxylation is 1. The Balaban J connectivity index is 1.43. The fourth-order valence-electron chi connectivity index (χ4n) is 3.12. The Kier molecular flexibility index (Phi) is 4.89. The summed E-state index contributed by atoms with van der Waals surface area (Å²) in [5, 5.41) is 5.07. The molecule has 1 heterocycles. The van der Waals surface area contributed by atoms with Crippen LogP contribution in [0.2, 0.25) is 0 Å². The molecule has 1 aliphatic rings. The summed E-state index contributed by atoms with van der Waals surface area (Å²) in [6.45, 7) is 2.08. The van der Waals surface area contributed by atoms with Gasteiger partial charge in [-0.05, 0) is 37.3 Å². The molecular weight excluding hydrogens is 342 g/mol. The monoisotopic (exact) mass is 363 g/mol. The number of hydrogen-bond donors (Lipinski definition) is 1. The van der Waals surface area contributed by atoms with Crippen molar-refractivity contribution >= 4 is 28.6 Å². The third-order valence-electron chi connectivity index (χ3n) is 4.69. The van der Waals surface area contributed by atoms with E-state index in [1.807, 2.05) is 24.3 Å². The normalized spacial score (nSPS) is 15.0. The van der Waals surface area contributed by atoms with Crippen molar-refractivity contribution in [2.24, 2.45) is 5.92 Å². The molecule has 132 valence electrons.